The maximum atomic E-state index is 6.85. The Morgan fingerprint density at radius 1 is 0.828 bits per heavy atom. The summed E-state index contributed by atoms with van der Waals surface area (Å²) in [5, 5.41) is 2.19. The van der Waals surface area contributed by atoms with Gasteiger partial charge < -0.3 is 4.74 Å². The van der Waals surface area contributed by atoms with E-state index < -0.39 is 0 Å². The molecular weight excluding hydrogens is 460 g/mol. The fourth-order valence-electron chi connectivity index (χ4n) is 4.56. The van der Waals surface area contributed by atoms with Crippen LogP contribution in [0.1, 0.15) is 109 Å². The first kappa shape index (κ1) is 23.3. The average molecular weight is 498 g/mol. The van der Waals surface area contributed by atoms with E-state index in [1.165, 1.54) is 96.2 Å². The van der Waals surface area contributed by atoms with Crippen LogP contribution >= 0.6 is 38.6 Å². The fraction of sp³-hybridized carbons (Fsp3) is 0.680. The molecular formula is C25H37BrOS2. The van der Waals surface area contributed by atoms with Crippen molar-refractivity contribution in [1.82, 2.24) is 0 Å². The van der Waals surface area contributed by atoms with Crippen LogP contribution in [0.15, 0.2) is 21.3 Å². The van der Waals surface area contributed by atoms with Gasteiger partial charge in [-0.05, 0) is 59.1 Å². The number of unbranched alkanes of at least 4 members (excludes halogenated alkanes) is 10. The monoisotopic (exact) mass is 496 g/mol. The molecule has 0 atom stereocenters. The molecule has 0 bridgehead atoms. The van der Waals surface area contributed by atoms with Gasteiger partial charge in [-0.2, -0.15) is 0 Å². The minimum absolute atomic E-state index is 0.124. The average Bonchev–Trinajstić information content (AvgIpc) is 3.33. The molecule has 0 aromatic carbocycles. The van der Waals surface area contributed by atoms with Gasteiger partial charge in [0.05, 0.1) is 13.5 Å². The number of rotatable bonds is 14. The number of hydrogen-bond donors (Lipinski definition) is 0. The zero-order chi connectivity index (χ0) is 20.5. The summed E-state index contributed by atoms with van der Waals surface area (Å²) >= 11 is 7.48. The molecule has 0 aliphatic carbocycles. The minimum Gasteiger partial charge on any atom is -0.481 e. The van der Waals surface area contributed by atoms with Crippen molar-refractivity contribution in [2.24, 2.45) is 0 Å². The smallest absolute Gasteiger partial charge is 0.140 e. The normalized spacial score (nSPS) is 14.4. The molecule has 2 aromatic rings. The molecule has 2 aromatic heterocycles. The third kappa shape index (κ3) is 6.11. The van der Waals surface area contributed by atoms with Gasteiger partial charge in [-0.25, -0.2) is 0 Å². The molecule has 162 valence electrons. The Labute approximate surface area is 194 Å². The van der Waals surface area contributed by atoms with E-state index in [4.69, 9.17) is 4.74 Å². The predicted molar refractivity (Wildman–Crippen MR) is 134 cm³/mol. The maximum Gasteiger partial charge on any atom is 0.140 e. The van der Waals surface area contributed by atoms with Gasteiger partial charge >= 0.3 is 0 Å². The van der Waals surface area contributed by atoms with Crippen molar-refractivity contribution >= 4 is 38.6 Å². The van der Waals surface area contributed by atoms with Crippen LogP contribution in [0.3, 0.4) is 0 Å². The first-order valence-electron chi connectivity index (χ1n) is 11.8. The molecule has 1 aliphatic heterocycles. The first-order valence-corrected chi connectivity index (χ1v) is 14.3. The highest BCUT2D eigenvalue weighted by atomic mass is 79.9. The zero-order valence-electron chi connectivity index (χ0n) is 18.2. The van der Waals surface area contributed by atoms with Crippen molar-refractivity contribution in [2.45, 2.75) is 109 Å². The number of thiophene rings is 2. The third-order valence-electron chi connectivity index (χ3n) is 6.20. The van der Waals surface area contributed by atoms with Crippen LogP contribution in [-0.2, 0) is 5.60 Å². The Morgan fingerprint density at radius 2 is 1.41 bits per heavy atom. The van der Waals surface area contributed by atoms with Crippen molar-refractivity contribution in [3.8, 4) is 15.5 Å². The number of halogens is 1. The van der Waals surface area contributed by atoms with Gasteiger partial charge in [0.2, 0.25) is 0 Å². The van der Waals surface area contributed by atoms with Gasteiger partial charge in [0.15, 0.2) is 0 Å². The lowest BCUT2D eigenvalue weighted by molar-refractivity contribution is 0.0397. The molecule has 0 radical (unpaired) electrons. The third-order valence-corrected chi connectivity index (χ3v) is 8.90. The van der Waals surface area contributed by atoms with Gasteiger partial charge in [-0.15, -0.1) is 22.7 Å². The van der Waals surface area contributed by atoms with Crippen molar-refractivity contribution in [2.75, 3.05) is 0 Å². The van der Waals surface area contributed by atoms with Crippen LogP contribution < -0.4 is 4.74 Å². The van der Waals surface area contributed by atoms with E-state index in [2.05, 4.69) is 47.3 Å². The Balaban J connectivity index is 1.70. The van der Waals surface area contributed by atoms with E-state index in [1.54, 1.807) is 0 Å². The molecule has 0 fully saturated rings. The highest BCUT2D eigenvalue weighted by molar-refractivity contribution is 9.11. The van der Waals surface area contributed by atoms with E-state index in [0.29, 0.717) is 0 Å². The highest BCUT2D eigenvalue weighted by Gasteiger charge is 2.42. The minimum atomic E-state index is -0.124. The molecule has 0 saturated heterocycles. The maximum absolute atomic E-state index is 6.85. The Morgan fingerprint density at radius 3 is 2.03 bits per heavy atom. The van der Waals surface area contributed by atoms with E-state index in [0.717, 1.165) is 18.6 Å². The van der Waals surface area contributed by atoms with Crippen molar-refractivity contribution in [3.63, 3.8) is 0 Å². The molecule has 0 spiro atoms. The zero-order valence-corrected chi connectivity index (χ0v) is 21.5. The molecule has 0 unspecified atom stereocenters. The molecule has 1 aliphatic rings. The van der Waals surface area contributed by atoms with E-state index in [9.17, 15) is 0 Å². The van der Waals surface area contributed by atoms with Crippen LogP contribution in [-0.4, -0.2) is 0 Å². The van der Waals surface area contributed by atoms with Gasteiger partial charge in [0, 0.05) is 5.56 Å². The van der Waals surface area contributed by atoms with Crippen LogP contribution in [0.5, 0.6) is 5.75 Å². The summed E-state index contributed by atoms with van der Waals surface area (Å²) in [6, 6.07) is 4.55. The molecule has 0 N–H and O–H groups in total. The summed E-state index contributed by atoms with van der Waals surface area (Å²) in [7, 11) is 0. The second-order valence-corrected chi connectivity index (χ2v) is 11.9. The summed E-state index contributed by atoms with van der Waals surface area (Å²) in [5.74, 6) is 1.12. The van der Waals surface area contributed by atoms with Crippen LogP contribution in [0.25, 0.3) is 9.75 Å². The molecule has 1 nitrogen and oxygen atoms in total. The second kappa shape index (κ2) is 11.9. The lowest BCUT2D eigenvalue weighted by atomic mass is 9.81. The largest absolute Gasteiger partial charge is 0.481 e. The molecule has 3 heterocycles. The molecule has 3 rings (SSSR count). The lowest BCUT2D eigenvalue weighted by Crippen LogP contribution is -2.35. The lowest BCUT2D eigenvalue weighted by Gasteiger charge is -2.38. The van der Waals surface area contributed by atoms with E-state index >= 15 is 0 Å². The summed E-state index contributed by atoms with van der Waals surface area (Å²) in [6.45, 7) is 4.58. The number of fused-ring (bicyclic) bond motifs is 3. The fourth-order valence-corrected chi connectivity index (χ4v) is 7.23. The van der Waals surface area contributed by atoms with Crippen molar-refractivity contribution in [3.05, 3.63) is 26.9 Å². The highest BCUT2D eigenvalue weighted by Crippen LogP contribution is 2.55. The predicted octanol–water partition coefficient (Wildman–Crippen LogP) is 10.3. The Bertz CT molecular complexity index is 717. The molecule has 29 heavy (non-hydrogen) atoms. The molecule has 0 saturated carbocycles. The van der Waals surface area contributed by atoms with Crippen molar-refractivity contribution in [1.29, 1.82) is 0 Å². The summed E-state index contributed by atoms with van der Waals surface area (Å²) in [6.07, 6.45) is 18.4. The van der Waals surface area contributed by atoms with Crippen LogP contribution in [0.2, 0.25) is 0 Å². The topological polar surface area (TPSA) is 9.23 Å². The second-order valence-electron chi connectivity index (χ2n) is 8.54. The van der Waals surface area contributed by atoms with E-state index in [1.807, 2.05) is 22.7 Å². The molecule has 4 heteroatoms. The van der Waals surface area contributed by atoms with E-state index in [-0.39, 0.29) is 5.60 Å². The van der Waals surface area contributed by atoms with Gasteiger partial charge in [-0.1, -0.05) is 78.1 Å². The SMILES string of the molecule is CCCCCCCCC1(CCCCCCCC)Oc2ccsc2-c2sc(Br)cc21. The summed E-state index contributed by atoms with van der Waals surface area (Å²) < 4.78 is 8.09. The summed E-state index contributed by atoms with van der Waals surface area (Å²) in [4.78, 5) is 2.78. The van der Waals surface area contributed by atoms with Gasteiger partial charge in [0.25, 0.3) is 0 Å². The number of ether oxygens (including phenoxy) is 1. The summed E-state index contributed by atoms with van der Waals surface area (Å²) in [5.41, 5.74) is 1.33. The van der Waals surface area contributed by atoms with Crippen molar-refractivity contribution < 1.29 is 4.74 Å². The number of hydrogen-bond acceptors (Lipinski definition) is 3. The Kier molecular flexibility index (Phi) is 9.58. The quantitative estimate of drug-likeness (QED) is 0.236. The molecule has 0 amide bonds. The standard InChI is InChI=1S/C25H37BrOS2/c1-3-5-7-9-11-13-16-25(17-14-12-10-8-6-4-2)20-19-22(26)29-23(20)24-21(27-25)15-18-28-24/h15,18-19H,3-14,16-17H2,1-2H3. The Hall–Kier alpha value is -0.320. The first-order chi connectivity index (χ1) is 14.2. The van der Waals surface area contributed by atoms with Gasteiger partial charge in [0.1, 0.15) is 11.4 Å². The van der Waals surface area contributed by atoms with Crippen LogP contribution in [0, 0.1) is 0 Å². The van der Waals surface area contributed by atoms with Gasteiger partial charge in [-0.3, -0.25) is 0 Å². The van der Waals surface area contributed by atoms with Crippen LogP contribution in [0.4, 0.5) is 0 Å².